The van der Waals surface area contributed by atoms with Crippen molar-refractivity contribution in [2.75, 3.05) is 6.54 Å². The molecule has 4 nitrogen and oxygen atoms in total. The molecule has 0 unspecified atom stereocenters. The van der Waals surface area contributed by atoms with Crippen molar-refractivity contribution in [3.05, 3.63) is 72.5 Å². The molecule has 3 aromatic rings. The molecule has 0 aliphatic rings. The smallest absolute Gasteiger partial charge is 0.242 e. The summed E-state index contributed by atoms with van der Waals surface area (Å²) in [5.41, 5.74) is -0.233. The van der Waals surface area contributed by atoms with Crippen LogP contribution in [0, 0.1) is 6.92 Å². The standard InChI is InChI=1S/C17H15Cl2NO3S3/c1-11-7-15(14(19)8-13(11)18)26(22,23)20-10-17(21,12-4-6-24-9-12)16-3-2-5-25-16/h2-9,20-21H,10H2,1H3/t17-/m1/s1. The number of hydrogen-bond donors (Lipinski definition) is 2. The van der Waals surface area contributed by atoms with E-state index < -0.39 is 15.6 Å². The summed E-state index contributed by atoms with van der Waals surface area (Å²) >= 11 is 14.8. The Morgan fingerprint density at radius 2 is 1.96 bits per heavy atom. The van der Waals surface area contributed by atoms with Gasteiger partial charge in [0.25, 0.3) is 0 Å². The van der Waals surface area contributed by atoms with E-state index in [1.165, 1.54) is 34.8 Å². The molecule has 26 heavy (non-hydrogen) atoms. The molecular formula is C17H15Cl2NO3S3. The first kappa shape index (κ1) is 19.8. The Morgan fingerprint density at radius 1 is 1.19 bits per heavy atom. The van der Waals surface area contributed by atoms with Crippen LogP contribution in [0.5, 0.6) is 0 Å². The summed E-state index contributed by atoms with van der Waals surface area (Å²) in [4.78, 5) is 0.580. The van der Waals surface area contributed by atoms with Crippen LogP contribution in [-0.2, 0) is 15.6 Å². The monoisotopic (exact) mass is 447 g/mol. The number of aliphatic hydroxyl groups is 1. The number of nitrogens with one attached hydrogen (secondary N) is 1. The third-order valence-electron chi connectivity index (χ3n) is 3.95. The third-order valence-corrected chi connectivity index (χ3v) is 7.93. The predicted molar refractivity (Wildman–Crippen MR) is 108 cm³/mol. The normalized spacial score (nSPS) is 14.3. The quantitative estimate of drug-likeness (QED) is 0.578. The predicted octanol–water partition coefficient (Wildman–Crippen LogP) is 4.64. The van der Waals surface area contributed by atoms with Gasteiger partial charge < -0.3 is 5.11 Å². The summed E-state index contributed by atoms with van der Waals surface area (Å²) < 4.78 is 28.0. The average molecular weight is 448 g/mol. The summed E-state index contributed by atoms with van der Waals surface area (Å²) in [5.74, 6) is 0. The fourth-order valence-electron chi connectivity index (χ4n) is 2.46. The molecule has 1 atom stereocenters. The van der Waals surface area contributed by atoms with Gasteiger partial charge in [0.1, 0.15) is 10.5 Å². The highest BCUT2D eigenvalue weighted by Gasteiger charge is 2.35. The summed E-state index contributed by atoms with van der Waals surface area (Å²) in [6.07, 6.45) is 0. The Labute approximate surface area is 170 Å². The lowest BCUT2D eigenvalue weighted by Gasteiger charge is -2.27. The van der Waals surface area contributed by atoms with Crippen LogP contribution in [0.15, 0.2) is 51.4 Å². The average Bonchev–Trinajstić information content (AvgIpc) is 3.29. The van der Waals surface area contributed by atoms with Gasteiger partial charge in [-0.1, -0.05) is 29.3 Å². The van der Waals surface area contributed by atoms with Crippen LogP contribution in [0.3, 0.4) is 0 Å². The maximum absolute atomic E-state index is 12.8. The first-order valence-electron chi connectivity index (χ1n) is 7.48. The SMILES string of the molecule is Cc1cc(S(=O)(=O)NC[C@@](O)(c2ccsc2)c2cccs2)c(Cl)cc1Cl. The van der Waals surface area contributed by atoms with Crippen LogP contribution in [0.2, 0.25) is 10.0 Å². The van der Waals surface area contributed by atoms with Crippen LogP contribution in [0.25, 0.3) is 0 Å². The van der Waals surface area contributed by atoms with Crippen LogP contribution in [0.4, 0.5) is 0 Å². The second-order valence-corrected chi connectivity index (χ2v) is 9.98. The zero-order chi connectivity index (χ0) is 18.9. The van der Waals surface area contributed by atoms with Gasteiger partial charge in [0.05, 0.1) is 5.02 Å². The second-order valence-electron chi connectivity index (χ2n) is 5.71. The molecular weight excluding hydrogens is 433 g/mol. The van der Waals surface area contributed by atoms with E-state index in [-0.39, 0.29) is 16.5 Å². The van der Waals surface area contributed by atoms with Crippen LogP contribution in [0.1, 0.15) is 16.0 Å². The molecule has 2 N–H and O–H groups in total. The maximum atomic E-state index is 12.8. The van der Waals surface area contributed by atoms with Gasteiger partial charge >= 0.3 is 0 Å². The molecule has 2 aromatic heterocycles. The highest BCUT2D eigenvalue weighted by Crippen LogP contribution is 2.34. The Bertz CT molecular complexity index is 966. The maximum Gasteiger partial charge on any atom is 0.242 e. The van der Waals surface area contributed by atoms with Crippen molar-refractivity contribution in [3.8, 4) is 0 Å². The lowest BCUT2D eigenvalue weighted by Crippen LogP contribution is -2.41. The zero-order valence-electron chi connectivity index (χ0n) is 13.6. The van der Waals surface area contributed by atoms with Crippen molar-refractivity contribution in [3.63, 3.8) is 0 Å². The van der Waals surface area contributed by atoms with E-state index in [2.05, 4.69) is 4.72 Å². The van der Waals surface area contributed by atoms with Gasteiger partial charge in [-0.05, 0) is 52.9 Å². The lowest BCUT2D eigenvalue weighted by atomic mass is 9.95. The highest BCUT2D eigenvalue weighted by atomic mass is 35.5. The molecule has 0 saturated heterocycles. The molecule has 2 heterocycles. The number of sulfonamides is 1. The van der Waals surface area contributed by atoms with Gasteiger partial charge in [-0.15, -0.1) is 11.3 Å². The fourth-order valence-corrected chi connectivity index (χ4v) is 5.92. The Hall–Kier alpha value is -0.930. The van der Waals surface area contributed by atoms with Gasteiger partial charge in [0.2, 0.25) is 10.0 Å². The molecule has 0 spiro atoms. The molecule has 0 aliphatic carbocycles. The van der Waals surface area contributed by atoms with E-state index >= 15 is 0 Å². The minimum absolute atomic E-state index is 0.0308. The van der Waals surface area contributed by atoms with Crippen LogP contribution >= 0.6 is 45.9 Å². The molecule has 0 radical (unpaired) electrons. The topological polar surface area (TPSA) is 66.4 Å². The second kappa shape index (κ2) is 7.59. The molecule has 138 valence electrons. The van der Waals surface area contributed by atoms with Crippen molar-refractivity contribution < 1.29 is 13.5 Å². The van der Waals surface area contributed by atoms with Crippen LogP contribution in [-0.4, -0.2) is 20.1 Å². The third kappa shape index (κ3) is 3.84. The minimum Gasteiger partial charge on any atom is -0.378 e. The molecule has 0 fully saturated rings. The van der Waals surface area contributed by atoms with Gasteiger partial charge in [0, 0.05) is 22.0 Å². The molecule has 0 bridgehead atoms. The van der Waals surface area contributed by atoms with E-state index in [1.807, 2.05) is 16.8 Å². The van der Waals surface area contributed by atoms with E-state index in [0.29, 0.717) is 21.0 Å². The van der Waals surface area contributed by atoms with Crippen molar-refractivity contribution in [1.29, 1.82) is 0 Å². The zero-order valence-corrected chi connectivity index (χ0v) is 17.5. The lowest BCUT2D eigenvalue weighted by molar-refractivity contribution is 0.0903. The minimum atomic E-state index is -3.94. The van der Waals surface area contributed by atoms with Gasteiger partial charge in [-0.2, -0.15) is 11.3 Å². The molecule has 3 rings (SSSR count). The van der Waals surface area contributed by atoms with E-state index in [9.17, 15) is 13.5 Å². The summed E-state index contributed by atoms with van der Waals surface area (Å²) in [7, 11) is -3.94. The number of rotatable bonds is 6. The molecule has 0 aliphatic heterocycles. The number of halogens is 2. The van der Waals surface area contributed by atoms with E-state index in [0.717, 1.165) is 0 Å². The number of thiophene rings is 2. The van der Waals surface area contributed by atoms with Crippen molar-refractivity contribution in [2.45, 2.75) is 17.4 Å². The highest BCUT2D eigenvalue weighted by molar-refractivity contribution is 7.89. The van der Waals surface area contributed by atoms with Crippen molar-refractivity contribution in [2.24, 2.45) is 0 Å². The van der Waals surface area contributed by atoms with Crippen molar-refractivity contribution >= 4 is 55.9 Å². The Morgan fingerprint density at radius 3 is 2.58 bits per heavy atom. The number of benzene rings is 1. The first-order chi connectivity index (χ1) is 12.2. The molecule has 0 amide bonds. The van der Waals surface area contributed by atoms with Crippen molar-refractivity contribution in [1.82, 2.24) is 4.72 Å². The Balaban J connectivity index is 1.94. The van der Waals surface area contributed by atoms with Crippen LogP contribution < -0.4 is 4.72 Å². The molecule has 1 aromatic carbocycles. The summed E-state index contributed by atoms with van der Waals surface area (Å²) in [5, 5.41) is 17.1. The van der Waals surface area contributed by atoms with Gasteiger partial charge in [-0.25, -0.2) is 13.1 Å². The Kier molecular flexibility index (Phi) is 5.79. The van der Waals surface area contributed by atoms with E-state index in [1.54, 1.807) is 24.4 Å². The first-order valence-corrected chi connectivity index (χ1v) is 11.5. The fraction of sp³-hybridized carbons (Fsp3) is 0.176. The number of aryl methyl sites for hydroxylation is 1. The summed E-state index contributed by atoms with van der Waals surface area (Å²) in [6.45, 7) is 1.48. The summed E-state index contributed by atoms with van der Waals surface area (Å²) in [6, 6.07) is 8.18. The van der Waals surface area contributed by atoms with Gasteiger partial charge in [-0.3, -0.25) is 0 Å². The van der Waals surface area contributed by atoms with E-state index in [4.69, 9.17) is 23.2 Å². The van der Waals surface area contributed by atoms with Gasteiger partial charge in [0.15, 0.2) is 0 Å². The largest absolute Gasteiger partial charge is 0.378 e. The molecule has 0 saturated carbocycles. The number of hydrogen-bond acceptors (Lipinski definition) is 5. The molecule has 9 heteroatoms.